The van der Waals surface area contributed by atoms with E-state index in [0.717, 1.165) is 25.7 Å². The molecule has 4 aliphatic carbocycles. The highest BCUT2D eigenvalue weighted by Crippen LogP contribution is 2.76. The van der Waals surface area contributed by atoms with Gasteiger partial charge in [0, 0.05) is 23.7 Å². The molecule has 1 heterocycles. The second kappa shape index (κ2) is 5.24. The number of hydrogen-bond acceptors (Lipinski definition) is 4. The highest BCUT2D eigenvalue weighted by Gasteiger charge is 2.80. The molecule has 0 aromatic carbocycles. The Hall–Kier alpha value is -1.20. The van der Waals surface area contributed by atoms with E-state index in [0.29, 0.717) is 37.0 Å². The van der Waals surface area contributed by atoms with Crippen LogP contribution in [-0.2, 0) is 14.3 Å². The van der Waals surface area contributed by atoms with Gasteiger partial charge < -0.3 is 14.9 Å². The Labute approximate surface area is 160 Å². The van der Waals surface area contributed by atoms with Gasteiger partial charge in [-0.05, 0) is 62.4 Å². The fourth-order valence-corrected chi connectivity index (χ4v) is 7.91. The number of allylic oxidation sites excluding steroid dienone is 1. The van der Waals surface area contributed by atoms with Crippen LogP contribution in [0.4, 0.5) is 0 Å². The molecule has 5 rings (SSSR count). The summed E-state index contributed by atoms with van der Waals surface area (Å²) in [5, 5.41) is 20.6. The topological polar surface area (TPSA) is 87.1 Å². The Morgan fingerprint density at radius 2 is 2.04 bits per heavy atom. The smallest absolute Gasteiger partial charge is 0.303 e. The predicted molar refractivity (Wildman–Crippen MR) is 98.0 cm³/mol. The van der Waals surface area contributed by atoms with Crippen LogP contribution in [-0.4, -0.2) is 39.3 Å². The van der Waals surface area contributed by atoms with E-state index in [1.807, 2.05) is 0 Å². The number of fused-ring (bicyclic) bond motifs is 3. The van der Waals surface area contributed by atoms with Gasteiger partial charge in [-0.1, -0.05) is 19.9 Å². The number of aliphatic carboxylic acids is 1. The van der Waals surface area contributed by atoms with Crippen molar-refractivity contribution in [2.75, 3.05) is 0 Å². The molecule has 148 valence electrons. The minimum absolute atomic E-state index is 0.0186. The van der Waals surface area contributed by atoms with E-state index < -0.39 is 11.6 Å². The molecule has 5 nitrogen and oxygen atoms in total. The van der Waals surface area contributed by atoms with Crippen molar-refractivity contribution in [3.63, 3.8) is 0 Å². The quantitative estimate of drug-likeness (QED) is 0.741. The monoisotopic (exact) mass is 374 g/mol. The minimum atomic E-state index is -0.912. The molecule has 1 aliphatic heterocycles. The van der Waals surface area contributed by atoms with E-state index in [-0.39, 0.29) is 34.7 Å². The van der Waals surface area contributed by atoms with E-state index in [2.05, 4.69) is 19.9 Å². The first-order chi connectivity index (χ1) is 12.7. The second-order valence-corrected chi connectivity index (χ2v) is 10.3. The van der Waals surface area contributed by atoms with Gasteiger partial charge in [-0.15, -0.1) is 0 Å². The third-order valence-corrected chi connectivity index (χ3v) is 9.49. The first kappa shape index (κ1) is 17.9. The molecule has 5 heteroatoms. The molecule has 0 bridgehead atoms. The first-order valence-corrected chi connectivity index (χ1v) is 10.5. The molecule has 1 spiro atoms. The molecule has 2 N–H and O–H groups in total. The minimum Gasteiger partial charge on any atom is -0.481 e. The lowest BCUT2D eigenvalue weighted by molar-refractivity contribution is -0.145. The molecule has 4 fully saturated rings. The Bertz CT molecular complexity index is 745. The van der Waals surface area contributed by atoms with E-state index in [1.165, 1.54) is 0 Å². The average Bonchev–Trinajstić information content (AvgIpc) is 3.26. The van der Waals surface area contributed by atoms with Gasteiger partial charge in [0.05, 0.1) is 11.7 Å². The number of carboxylic acids is 1. The van der Waals surface area contributed by atoms with Gasteiger partial charge in [-0.25, -0.2) is 0 Å². The fraction of sp³-hybridized carbons (Fsp3) is 0.818. The summed E-state index contributed by atoms with van der Waals surface area (Å²) in [6.07, 6.45) is 9.50. The lowest BCUT2D eigenvalue weighted by Crippen LogP contribution is -2.61. The number of hydrogen-bond donors (Lipinski definition) is 2. The fourth-order valence-electron chi connectivity index (χ4n) is 7.91. The molecule has 0 radical (unpaired) electrons. The van der Waals surface area contributed by atoms with Crippen LogP contribution in [0.25, 0.3) is 0 Å². The van der Waals surface area contributed by atoms with Crippen molar-refractivity contribution in [2.24, 2.45) is 28.6 Å². The summed E-state index contributed by atoms with van der Waals surface area (Å²) >= 11 is 0. The zero-order valence-electron chi connectivity index (χ0n) is 16.2. The number of ketones is 1. The van der Waals surface area contributed by atoms with Crippen LogP contribution >= 0.6 is 0 Å². The van der Waals surface area contributed by atoms with Gasteiger partial charge in [0.15, 0.2) is 5.78 Å². The summed E-state index contributed by atoms with van der Waals surface area (Å²) < 4.78 is 6.51. The van der Waals surface area contributed by atoms with Crippen LogP contribution < -0.4 is 0 Å². The molecule has 0 aromatic heterocycles. The van der Waals surface area contributed by atoms with Crippen LogP contribution in [0.5, 0.6) is 0 Å². The van der Waals surface area contributed by atoms with Crippen molar-refractivity contribution >= 4 is 11.8 Å². The van der Waals surface area contributed by atoms with Crippen molar-refractivity contribution < 1.29 is 24.5 Å². The standard InChI is InChI=1S/C22H30O5/c1-19-8-5-14(23)11-13(19)3-4-16-15-6-9-21(26,10-7-18(24)25)20(15,2)12-17-22(16,19)27-17/h5,8,13,15-17,26H,3-4,6-7,9-12H2,1-2H3,(H,24,25)/t13-,15-,16-,17-,19-,20-,21+,22-/m0/s1. The molecule has 3 saturated carbocycles. The molecule has 0 unspecified atom stereocenters. The molecule has 5 aliphatic rings. The largest absolute Gasteiger partial charge is 0.481 e. The highest BCUT2D eigenvalue weighted by molar-refractivity contribution is 5.91. The van der Waals surface area contributed by atoms with Crippen LogP contribution in [0.15, 0.2) is 12.2 Å². The van der Waals surface area contributed by atoms with Crippen molar-refractivity contribution in [1.82, 2.24) is 0 Å². The SMILES string of the molecule is C[C@]12C=CC(=O)C[C@@H]1CC[C@H]1[C@@H]3CC[C@@](O)(CCC(=O)O)[C@@]3(C)C[C@@H]3O[C@]312. The summed E-state index contributed by atoms with van der Waals surface area (Å²) in [5.74, 6) is 0.494. The van der Waals surface area contributed by atoms with Gasteiger partial charge in [0.2, 0.25) is 0 Å². The summed E-state index contributed by atoms with van der Waals surface area (Å²) in [4.78, 5) is 23.1. The second-order valence-electron chi connectivity index (χ2n) is 10.3. The van der Waals surface area contributed by atoms with Crippen LogP contribution in [0.1, 0.15) is 65.2 Å². The van der Waals surface area contributed by atoms with Gasteiger partial charge in [-0.2, -0.15) is 0 Å². The first-order valence-electron chi connectivity index (χ1n) is 10.5. The van der Waals surface area contributed by atoms with Crippen molar-refractivity contribution in [3.8, 4) is 0 Å². The number of carbonyl (C=O) groups excluding carboxylic acids is 1. The van der Waals surface area contributed by atoms with Gasteiger partial charge >= 0.3 is 5.97 Å². The van der Waals surface area contributed by atoms with Gasteiger partial charge in [0.1, 0.15) is 5.60 Å². The number of aliphatic hydroxyl groups is 1. The summed E-state index contributed by atoms with van der Waals surface area (Å²) in [6.45, 7) is 4.45. The maximum absolute atomic E-state index is 12.0. The summed E-state index contributed by atoms with van der Waals surface area (Å²) in [7, 11) is 0. The van der Waals surface area contributed by atoms with E-state index in [4.69, 9.17) is 9.84 Å². The van der Waals surface area contributed by atoms with E-state index in [1.54, 1.807) is 6.08 Å². The average molecular weight is 374 g/mol. The Kier molecular flexibility index (Phi) is 3.46. The van der Waals surface area contributed by atoms with Crippen LogP contribution in [0, 0.1) is 28.6 Å². The molecule has 8 atom stereocenters. The molecular weight excluding hydrogens is 344 g/mol. The van der Waals surface area contributed by atoms with Gasteiger partial charge in [-0.3, -0.25) is 9.59 Å². The summed E-state index contributed by atoms with van der Waals surface area (Å²) in [5.41, 5.74) is -1.48. The maximum atomic E-state index is 12.0. The normalized spacial score (nSPS) is 55.3. The number of carboxylic acid groups (broad SMARTS) is 1. The third-order valence-electron chi connectivity index (χ3n) is 9.49. The van der Waals surface area contributed by atoms with E-state index >= 15 is 0 Å². The molecule has 0 amide bonds. The third kappa shape index (κ3) is 2.02. The molecule has 27 heavy (non-hydrogen) atoms. The molecular formula is C22H30O5. The lowest BCUT2D eigenvalue weighted by Gasteiger charge is -2.57. The maximum Gasteiger partial charge on any atom is 0.303 e. The highest BCUT2D eigenvalue weighted by atomic mass is 16.6. The number of rotatable bonds is 3. The Balaban J connectivity index is 1.50. The molecule has 1 saturated heterocycles. The van der Waals surface area contributed by atoms with E-state index in [9.17, 15) is 14.7 Å². The number of epoxide rings is 1. The predicted octanol–water partition coefficient (Wildman–Crippen LogP) is 3.10. The zero-order valence-corrected chi connectivity index (χ0v) is 16.2. The Morgan fingerprint density at radius 1 is 1.26 bits per heavy atom. The Morgan fingerprint density at radius 3 is 2.78 bits per heavy atom. The van der Waals surface area contributed by atoms with Gasteiger partial charge in [0.25, 0.3) is 0 Å². The van der Waals surface area contributed by atoms with Crippen LogP contribution in [0.3, 0.4) is 0 Å². The lowest BCUT2D eigenvalue weighted by atomic mass is 9.45. The van der Waals surface area contributed by atoms with Crippen molar-refractivity contribution in [2.45, 2.75) is 82.5 Å². The number of carbonyl (C=O) groups is 2. The number of ether oxygens (including phenoxy) is 1. The van der Waals surface area contributed by atoms with Crippen molar-refractivity contribution in [3.05, 3.63) is 12.2 Å². The zero-order chi connectivity index (χ0) is 19.2. The molecule has 0 aromatic rings. The van der Waals surface area contributed by atoms with Crippen LogP contribution in [0.2, 0.25) is 0 Å². The summed E-state index contributed by atoms with van der Waals surface area (Å²) in [6, 6.07) is 0. The van der Waals surface area contributed by atoms with Crippen molar-refractivity contribution in [1.29, 1.82) is 0 Å².